The number of benzene rings is 3. The number of anilines is 2. The Morgan fingerprint density at radius 3 is 2.43 bits per heavy atom. The fourth-order valence-electron chi connectivity index (χ4n) is 12.6. The van der Waals surface area contributed by atoms with Crippen molar-refractivity contribution in [3.8, 4) is 35.4 Å². The van der Waals surface area contributed by atoms with Crippen molar-refractivity contribution >= 4 is 62.6 Å². The lowest BCUT2D eigenvalue weighted by Gasteiger charge is -2.43. The number of fused-ring (bicyclic) bond motifs is 4. The fraction of sp³-hybridized carbons (Fsp3) is 0.509. The van der Waals surface area contributed by atoms with Crippen LogP contribution < -0.4 is 25.2 Å². The number of aromatic hydroxyl groups is 1. The minimum atomic E-state index is -0.729. The van der Waals surface area contributed by atoms with Gasteiger partial charge in [-0.05, 0) is 124 Å². The minimum absolute atomic E-state index is 0.0396. The summed E-state index contributed by atoms with van der Waals surface area (Å²) in [4.78, 5) is 60.1. The Hall–Kier alpha value is -6.19. The lowest BCUT2D eigenvalue weighted by atomic mass is 9.74. The van der Waals surface area contributed by atoms with Gasteiger partial charge in [-0.15, -0.1) is 6.42 Å². The number of amides is 4. The van der Waals surface area contributed by atoms with Crippen molar-refractivity contribution in [2.75, 3.05) is 82.0 Å². The van der Waals surface area contributed by atoms with Crippen molar-refractivity contribution in [3.63, 3.8) is 0 Å². The number of urea groups is 1. The van der Waals surface area contributed by atoms with Crippen LogP contribution in [0.3, 0.4) is 0 Å². The summed E-state index contributed by atoms with van der Waals surface area (Å²) in [6, 6.07) is 10.7. The number of imide groups is 1. The molecule has 1 saturated carbocycles. The molecule has 3 aromatic carbocycles. The number of ether oxygens (including phenoxy) is 2. The van der Waals surface area contributed by atoms with Crippen molar-refractivity contribution in [3.05, 3.63) is 76.4 Å². The number of pyridine rings is 1. The molecule has 15 nitrogen and oxygen atoms in total. The molecule has 6 aliphatic rings. The van der Waals surface area contributed by atoms with Crippen LogP contribution in [-0.2, 0) is 9.53 Å². The number of hydrogen-bond acceptors (Lipinski definition) is 12. The second-order valence-electron chi connectivity index (χ2n) is 21.8. The molecular formula is C57H64ClF2N9O6. The standard InChI is InChI=1S/C57H64ClF2N9O6/c1-2-42-46(59)11-7-37-26-41(70)28-43(49(37)42)51-50(60)52-44(29-61-51)53(68-30-39-8-9-40(31-68)62-39)65-55(64-52)75-34-57(18-4-3-5-19-57)33-66-20-12-35(13-21-66)17-25-74-32-36-14-22-67(23-15-36)54(72)38-6-10-45(58)47(27-38)69-24-16-48(71)63-56(69)73/h1,6-7,10-11,26-29,35-36,39-40,62,70H,3-5,8-9,12-25,30-34H2,(H,63,71,73). The smallest absolute Gasteiger partial charge is 0.328 e. The molecule has 2 aromatic heterocycles. The highest BCUT2D eigenvalue weighted by atomic mass is 35.5. The Balaban J connectivity index is 0.704. The van der Waals surface area contributed by atoms with Gasteiger partial charge in [0.15, 0.2) is 5.82 Å². The number of halogens is 3. The van der Waals surface area contributed by atoms with Gasteiger partial charge >= 0.3 is 12.0 Å². The van der Waals surface area contributed by atoms with Crippen molar-refractivity contribution in [2.24, 2.45) is 17.3 Å². The maximum Gasteiger partial charge on any atom is 0.328 e. The summed E-state index contributed by atoms with van der Waals surface area (Å²) >= 11 is 6.43. The molecule has 5 saturated heterocycles. The number of carbonyl (C=O) groups is 3. The number of nitrogens with one attached hydrogen (secondary N) is 2. The predicted octanol–water partition coefficient (Wildman–Crippen LogP) is 8.85. The number of piperidine rings is 2. The third-order valence-corrected chi connectivity index (χ3v) is 17.1. The van der Waals surface area contributed by atoms with Crippen LogP contribution in [0.4, 0.5) is 25.1 Å². The van der Waals surface area contributed by atoms with E-state index in [1.165, 1.54) is 35.6 Å². The van der Waals surface area contributed by atoms with Crippen molar-refractivity contribution in [1.82, 2.24) is 35.4 Å². The highest BCUT2D eigenvalue weighted by Gasteiger charge is 2.38. The molecule has 3 N–H and O–H groups in total. The third-order valence-electron chi connectivity index (χ3n) is 16.8. The molecule has 18 heteroatoms. The minimum Gasteiger partial charge on any atom is -0.508 e. The van der Waals surface area contributed by atoms with Gasteiger partial charge in [0, 0.05) is 99.1 Å². The SMILES string of the molecule is C#Cc1c(F)ccc2cc(O)cc(-c3ncc4c(N5CC6CCC(C5)N6)nc(OCC5(CN6CCC(CCOCC7CCN(C(=O)c8ccc(Cl)c(N9CCC(=O)NC9=O)c8)CC7)CC6)CCCCC5)nc4c3F)c12. The first-order valence-corrected chi connectivity index (χ1v) is 27.2. The summed E-state index contributed by atoms with van der Waals surface area (Å²) in [5.74, 6) is 2.02. The molecule has 0 radical (unpaired) electrons. The molecular weight excluding hydrogens is 980 g/mol. The predicted molar refractivity (Wildman–Crippen MR) is 283 cm³/mol. The number of nitrogens with zero attached hydrogens (tertiary/aromatic N) is 7. The molecule has 6 fully saturated rings. The zero-order valence-electron chi connectivity index (χ0n) is 42.2. The van der Waals surface area contributed by atoms with Gasteiger partial charge in [-0.2, -0.15) is 9.97 Å². The average Bonchev–Trinajstić information content (AvgIpc) is 3.76. The zero-order valence-corrected chi connectivity index (χ0v) is 43.0. The molecule has 0 spiro atoms. The van der Waals surface area contributed by atoms with E-state index in [0.29, 0.717) is 90.7 Å². The molecule has 1 aliphatic carbocycles. The maximum atomic E-state index is 17.3. The lowest BCUT2D eigenvalue weighted by Crippen LogP contribution is -2.51. The van der Waals surface area contributed by atoms with Gasteiger partial charge in [0.25, 0.3) is 5.91 Å². The number of rotatable bonds is 14. The van der Waals surface area contributed by atoms with Crippen LogP contribution in [0, 0.1) is 41.2 Å². The number of piperazine rings is 1. The van der Waals surface area contributed by atoms with Gasteiger partial charge in [0.05, 0.1) is 28.3 Å². The Bertz CT molecular complexity index is 3030. The number of likely N-dealkylation sites (tertiary alicyclic amines) is 2. The monoisotopic (exact) mass is 1040 g/mol. The number of phenolic OH excluding ortho intramolecular Hbond substituents is 1. The molecule has 394 valence electrons. The largest absolute Gasteiger partial charge is 0.508 e. The Labute approximate surface area is 440 Å². The van der Waals surface area contributed by atoms with E-state index in [9.17, 15) is 19.5 Å². The fourth-order valence-corrected chi connectivity index (χ4v) is 12.9. The summed E-state index contributed by atoms with van der Waals surface area (Å²) in [5, 5.41) is 18.3. The highest BCUT2D eigenvalue weighted by molar-refractivity contribution is 6.34. The lowest BCUT2D eigenvalue weighted by molar-refractivity contribution is -0.120. The molecule has 2 atom stereocenters. The molecule has 11 rings (SSSR count). The number of carbonyl (C=O) groups excluding carboxylic acids is 3. The number of terminal acetylenes is 1. The first-order valence-electron chi connectivity index (χ1n) is 26.8. The van der Waals surface area contributed by atoms with Crippen LogP contribution in [0.1, 0.15) is 99.4 Å². The van der Waals surface area contributed by atoms with Crippen LogP contribution in [0.5, 0.6) is 11.8 Å². The number of aromatic nitrogens is 3. The van der Waals surface area contributed by atoms with E-state index in [1.54, 1.807) is 24.4 Å². The summed E-state index contributed by atoms with van der Waals surface area (Å²) < 4.78 is 45.4. The van der Waals surface area contributed by atoms with E-state index in [1.807, 2.05) is 4.90 Å². The van der Waals surface area contributed by atoms with E-state index in [4.69, 9.17) is 37.5 Å². The molecule has 4 amide bonds. The van der Waals surface area contributed by atoms with E-state index < -0.39 is 17.7 Å². The van der Waals surface area contributed by atoms with Crippen LogP contribution in [0.2, 0.25) is 5.02 Å². The summed E-state index contributed by atoms with van der Waals surface area (Å²) in [6.07, 6.45) is 20.0. The second-order valence-corrected chi connectivity index (χ2v) is 22.2. The number of phenols is 1. The van der Waals surface area contributed by atoms with Gasteiger partial charge in [-0.1, -0.05) is 42.9 Å². The normalized spacial score (nSPS) is 21.7. The molecule has 7 heterocycles. The summed E-state index contributed by atoms with van der Waals surface area (Å²) in [5.41, 5.74) is 0.818. The maximum absolute atomic E-state index is 17.3. The summed E-state index contributed by atoms with van der Waals surface area (Å²) in [7, 11) is 0. The van der Waals surface area contributed by atoms with Gasteiger partial charge in [-0.25, -0.2) is 13.6 Å². The Kier molecular flexibility index (Phi) is 14.8. The van der Waals surface area contributed by atoms with E-state index in [2.05, 4.69) is 31.3 Å². The third kappa shape index (κ3) is 10.8. The van der Waals surface area contributed by atoms with Gasteiger partial charge in [0.1, 0.15) is 28.6 Å². The van der Waals surface area contributed by atoms with Crippen LogP contribution in [0.25, 0.3) is 32.9 Å². The van der Waals surface area contributed by atoms with Gasteiger partial charge in [-0.3, -0.25) is 24.8 Å². The van der Waals surface area contributed by atoms with E-state index in [0.717, 1.165) is 90.3 Å². The van der Waals surface area contributed by atoms with Crippen molar-refractivity contribution in [1.29, 1.82) is 0 Å². The Morgan fingerprint density at radius 1 is 0.920 bits per heavy atom. The van der Waals surface area contributed by atoms with Gasteiger partial charge in [0.2, 0.25) is 5.91 Å². The molecule has 2 unspecified atom stereocenters. The van der Waals surface area contributed by atoms with E-state index in [-0.39, 0.29) is 81.8 Å². The van der Waals surface area contributed by atoms with Crippen LogP contribution >= 0.6 is 11.6 Å². The second kappa shape index (κ2) is 21.8. The van der Waals surface area contributed by atoms with Crippen LogP contribution in [-0.4, -0.2) is 132 Å². The zero-order chi connectivity index (χ0) is 51.8. The molecule has 2 bridgehead atoms. The highest BCUT2D eigenvalue weighted by Crippen LogP contribution is 2.42. The van der Waals surface area contributed by atoms with Gasteiger partial charge < -0.3 is 34.6 Å². The van der Waals surface area contributed by atoms with Crippen LogP contribution in [0.15, 0.2) is 48.7 Å². The van der Waals surface area contributed by atoms with E-state index >= 15 is 8.78 Å². The van der Waals surface area contributed by atoms with Crippen molar-refractivity contribution in [2.45, 2.75) is 95.6 Å². The quantitative estimate of drug-likeness (QED) is 0.0716. The topological polar surface area (TPSA) is 166 Å². The first kappa shape index (κ1) is 50.9. The number of hydrogen-bond donors (Lipinski definition) is 3. The Morgan fingerprint density at radius 2 is 1.68 bits per heavy atom. The average molecular weight is 1040 g/mol. The molecule has 5 aliphatic heterocycles. The first-order chi connectivity index (χ1) is 36.4. The summed E-state index contributed by atoms with van der Waals surface area (Å²) in [6.45, 7) is 7.52. The van der Waals surface area contributed by atoms with Crippen molar-refractivity contribution < 1.29 is 37.7 Å². The molecule has 5 aromatic rings. The molecule has 75 heavy (non-hydrogen) atoms.